The number of carbonyl (C=O) groups excluding carboxylic acids is 1. The number of ether oxygens (including phenoxy) is 2. The molecule has 0 bridgehead atoms. The molecule has 1 aliphatic heterocycles. The van der Waals surface area contributed by atoms with Crippen molar-refractivity contribution >= 4 is 5.91 Å². The van der Waals surface area contributed by atoms with E-state index >= 15 is 0 Å². The van der Waals surface area contributed by atoms with E-state index in [0.717, 1.165) is 49.9 Å². The van der Waals surface area contributed by atoms with Gasteiger partial charge in [0.05, 0.1) is 14.2 Å². The first-order valence-corrected chi connectivity index (χ1v) is 10.8. The molecule has 1 aliphatic rings. The summed E-state index contributed by atoms with van der Waals surface area (Å²) in [6.45, 7) is 3.81. The zero-order valence-electron chi connectivity index (χ0n) is 18.3. The second-order valence-electron chi connectivity index (χ2n) is 7.87. The molecule has 2 aromatic rings. The number of rotatable bonds is 6. The molecule has 0 radical (unpaired) electrons. The summed E-state index contributed by atoms with van der Waals surface area (Å²) in [4.78, 5) is 28.2. The van der Waals surface area contributed by atoms with Crippen LogP contribution in [0.15, 0.2) is 35.3 Å². The van der Waals surface area contributed by atoms with Gasteiger partial charge >= 0.3 is 0 Å². The highest BCUT2D eigenvalue weighted by Gasteiger charge is 2.22. The molecule has 0 aliphatic carbocycles. The number of methoxy groups -OCH3 is 2. The zero-order chi connectivity index (χ0) is 21.5. The number of likely N-dealkylation sites (tertiary alicyclic amines) is 1. The third kappa shape index (κ3) is 5.04. The molecule has 6 heteroatoms. The number of carbonyl (C=O) groups is 1. The van der Waals surface area contributed by atoms with Crippen molar-refractivity contribution in [3.8, 4) is 11.5 Å². The molecular weight excluding hydrogens is 380 g/mol. The first kappa shape index (κ1) is 21.9. The first-order chi connectivity index (χ1) is 14.5. The number of aromatic nitrogens is 1. The van der Waals surface area contributed by atoms with Gasteiger partial charge in [-0.2, -0.15) is 0 Å². The predicted molar refractivity (Wildman–Crippen MR) is 118 cm³/mol. The number of aryl methyl sites for hydroxylation is 3. The Labute approximate surface area is 178 Å². The van der Waals surface area contributed by atoms with Crippen LogP contribution in [0.5, 0.6) is 11.5 Å². The van der Waals surface area contributed by atoms with Gasteiger partial charge in [0.25, 0.3) is 11.5 Å². The Balaban J connectivity index is 1.79. The van der Waals surface area contributed by atoms with Gasteiger partial charge in [-0.15, -0.1) is 0 Å². The van der Waals surface area contributed by atoms with Crippen LogP contribution in [0.2, 0.25) is 0 Å². The van der Waals surface area contributed by atoms with Crippen molar-refractivity contribution in [2.24, 2.45) is 0 Å². The molecule has 162 valence electrons. The van der Waals surface area contributed by atoms with Crippen LogP contribution in [-0.2, 0) is 13.0 Å². The SMILES string of the molecule is COc1ccc(CCn2ccc(C)c(C(=O)N3CCCCCCC3)c2=O)cc1OC. The molecule has 0 N–H and O–H groups in total. The molecule has 1 saturated heterocycles. The smallest absolute Gasteiger partial charge is 0.263 e. The maximum Gasteiger partial charge on any atom is 0.263 e. The summed E-state index contributed by atoms with van der Waals surface area (Å²) < 4.78 is 12.3. The van der Waals surface area contributed by atoms with E-state index in [9.17, 15) is 9.59 Å². The van der Waals surface area contributed by atoms with E-state index in [2.05, 4.69) is 0 Å². The van der Waals surface area contributed by atoms with E-state index in [4.69, 9.17) is 9.47 Å². The standard InChI is InChI=1S/C24H32N2O4/c1-18-11-15-26(16-12-19-9-10-20(29-2)21(17-19)30-3)24(28)22(18)23(27)25-13-7-5-4-6-8-14-25/h9-11,15,17H,4-8,12-14,16H2,1-3H3. The number of amides is 1. The maximum atomic E-state index is 13.2. The van der Waals surface area contributed by atoms with Gasteiger partial charge in [-0.05, 0) is 55.5 Å². The van der Waals surface area contributed by atoms with E-state index in [1.807, 2.05) is 36.1 Å². The van der Waals surface area contributed by atoms with Gasteiger partial charge in [0, 0.05) is 25.8 Å². The van der Waals surface area contributed by atoms with Crippen LogP contribution in [-0.4, -0.2) is 42.7 Å². The van der Waals surface area contributed by atoms with Crippen molar-refractivity contribution in [1.82, 2.24) is 9.47 Å². The summed E-state index contributed by atoms with van der Waals surface area (Å²) in [5.74, 6) is 1.22. The minimum absolute atomic E-state index is 0.125. The summed E-state index contributed by atoms with van der Waals surface area (Å²) in [5, 5.41) is 0. The third-order valence-corrected chi connectivity index (χ3v) is 5.82. The van der Waals surface area contributed by atoms with Gasteiger partial charge in [-0.25, -0.2) is 0 Å². The second-order valence-corrected chi connectivity index (χ2v) is 7.87. The zero-order valence-corrected chi connectivity index (χ0v) is 18.3. The quantitative estimate of drug-likeness (QED) is 0.724. The Morgan fingerprint density at radius 2 is 1.63 bits per heavy atom. The van der Waals surface area contributed by atoms with Crippen molar-refractivity contribution < 1.29 is 14.3 Å². The number of hydrogen-bond acceptors (Lipinski definition) is 4. The average molecular weight is 413 g/mol. The van der Waals surface area contributed by atoms with Gasteiger partial charge < -0.3 is 18.9 Å². The lowest BCUT2D eigenvalue weighted by molar-refractivity contribution is 0.0739. The molecule has 2 heterocycles. The first-order valence-electron chi connectivity index (χ1n) is 10.8. The normalized spacial score (nSPS) is 14.7. The van der Waals surface area contributed by atoms with Crippen LogP contribution in [0.4, 0.5) is 0 Å². The number of pyridine rings is 1. The molecular formula is C24H32N2O4. The minimum Gasteiger partial charge on any atom is -0.493 e. The third-order valence-electron chi connectivity index (χ3n) is 5.82. The molecule has 1 fully saturated rings. The lowest BCUT2D eigenvalue weighted by atomic mass is 10.1. The van der Waals surface area contributed by atoms with Crippen molar-refractivity contribution in [2.45, 2.75) is 52.0 Å². The molecule has 0 spiro atoms. The van der Waals surface area contributed by atoms with Crippen molar-refractivity contribution in [1.29, 1.82) is 0 Å². The summed E-state index contributed by atoms with van der Waals surface area (Å²) in [7, 11) is 3.21. The highest BCUT2D eigenvalue weighted by atomic mass is 16.5. The topological polar surface area (TPSA) is 60.8 Å². The Morgan fingerprint density at radius 1 is 0.967 bits per heavy atom. The average Bonchev–Trinajstić information content (AvgIpc) is 2.72. The minimum atomic E-state index is -0.206. The molecule has 0 unspecified atom stereocenters. The Bertz CT molecular complexity index is 927. The summed E-state index contributed by atoms with van der Waals surface area (Å²) in [5.41, 5.74) is 1.89. The molecule has 0 atom stereocenters. The van der Waals surface area contributed by atoms with Gasteiger partial charge in [0.15, 0.2) is 11.5 Å². The predicted octanol–water partition coefficient (Wildman–Crippen LogP) is 3.82. The maximum absolute atomic E-state index is 13.2. The summed E-state index contributed by atoms with van der Waals surface area (Å²) in [6, 6.07) is 7.62. The fourth-order valence-electron chi connectivity index (χ4n) is 4.00. The molecule has 30 heavy (non-hydrogen) atoms. The van der Waals surface area contributed by atoms with Crippen LogP contribution in [0.25, 0.3) is 0 Å². The molecule has 1 aromatic carbocycles. The second kappa shape index (κ2) is 10.3. The molecule has 6 nitrogen and oxygen atoms in total. The van der Waals surface area contributed by atoms with Crippen LogP contribution in [0.3, 0.4) is 0 Å². The van der Waals surface area contributed by atoms with E-state index < -0.39 is 0 Å². The van der Waals surface area contributed by atoms with E-state index in [1.54, 1.807) is 25.0 Å². The lowest BCUT2D eigenvalue weighted by Gasteiger charge is -2.25. The van der Waals surface area contributed by atoms with Crippen LogP contribution >= 0.6 is 0 Å². The van der Waals surface area contributed by atoms with E-state index in [0.29, 0.717) is 30.0 Å². The summed E-state index contributed by atoms with van der Waals surface area (Å²) >= 11 is 0. The molecule has 1 aromatic heterocycles. The Morgan fingerprint density at radius 3 is 2.30 bits per heavy atom. The van der Waals surface area contributed by atoms with E-state index in [-0.39, 0.29) is 11.5 Å². The Kier molecular flexibility index (Phi) is 7.55. The molecule has 0 saturated carbocycles. The van der Waals surface area contributed by atoms with Crippen LogP contribution in [0.1, 0.15) is 53.6 Å². The fourth-order valence-corrected chi connectivity index (χ4v) is 4.00. The monoisotopic (exact) mass is 412 g/mol. The number of nitrogens with zero attached hydrogens (tertiary/aromatic N) is 2. The van der Waals surface area contributed by atoms with Gasteiger partial charge in [-0.1, -0.05) is 25.3 Å². The van der Waals surface area contributed by atoms with Crippen LogP contribution in [0, 0.1) is 6.92 Å². The highest BCUT2D eigenvalue weighted by molar-refractivity contribution is 5.95. The Hall–Kier alpha value is -2.76. The fraction of sp³-hybridized carbons (Fsp3) is 0.500. The van der Waals surface area contributed by atoms with E-state index in [1.165, 1.54) is 6.42 Å². The van der Waals surface area contributed by atoms with Crippen molar-refractivity contribution in [3.05, 3.63) is 57.5 Å². The molecule has 3 rings (SSSR count). The lowest BCUT2D eigenvalue weighted by Crippen LogP contribution is -2.39. The van der Waals surface area contributed by atoms with Crippen LogP contribution < -0.4 is 15.0 Å². The summed E-state index contributed by atoms with van der Waals surface area (Å²) in [6.07, 6.45) is 7.97. The molecule has 1 amide bonds. The van der Waals surface area contributed by atoms with Gasteiger partial charge in [0.2, 0.25) is 0 Å². The van der Waals surface area contributed by atoms with Crippen molar-refractivity contribution in [3.63, 3.8) is 0 Å². The van der Waals surface area contributed by atoms with Gasteiger partial charge in [-0.3, -0.25) is 9.59 Å². The number of benzene rings is 1. The largest absolute Gasteiger partial charge is 0.493 e. The van der Waals surface area contributed by atoms with Crippen molar-refractivity contribution in [2.75, 3.05) is 27.3 Å². The van der Waals surface area contributed by atoms with Gasteiger partial charge in [0.1, 0.15) is 5.56 Å². The number of hydrogen-bond donors (Lipinski definition) is 0. The highest BCUT2D eigenvalue weighted by Crippen LogP contribution is 2.27.